The van der Waals surface area contributed by atoms with Gasteiger partial charge in [-0.3, -0.25) is 4.79 Å². The lowest BCUT2D eigenvalue weighted by molar-refractivity contribution is -0.121. The summed E-state index contributed by atoms with van der Waals surface area (Å²) < 4.78 is 5.48. The van der Waals surface area contributed by atoms with Gasteiger partial charge in [0.2, 0.25) is 5.91 Å². The number of hydrogen-bond donors (Lipinski definition) is 1. The van der Waals surface area contributed by atoms with E-state index in [-0.39, 0.29) is 17.7 Å². The Morgan fingerprint density at radius 2 is 2.12 bits per heavy atom. The summed E-state index contributed by atoms with van der Waals surface area (Å²) in [4.78, 5) is 16.3. The second-order valence-corrected chi connectivity index (χ2v) is 4.84. The van der Waals surface area contributed by atoms with E-state index in [2.05, 4.69) is 16.4 Å². The third kappa shape index (κ3) is 1.84. The number of pyridine rings is 1. The van der Waals surface area contributed by atoms with Crippen molar-refractivity contribution in [2.24, 2.45) is 5.92 Å². The molecule has 2 unspecified atom stereocenters. The first kappa shape index (κ1) is 10.8. The lowest BCUT2D eigenvalue weighted by Gasteiger charge is -2.30. The van der Waals surface area contributed by atoms with E-state index in [4.69, 9.17) is 4.74 Å². The predicted molar refractivity (Wildman–Crippen MR) is 67.3 cm³/mol. The van der Waals surface area contributed by atoms with Crippen LogP contribution in [0.5, 0.6) is 0 Å². The molecule has 0 aromatic carbocycles. The van der Waals surface area contributed by atoms with E-state index in [0.717, 1.165) is 30.7 Å². The Kier molecular flexibility index (Phi) is 2.63. The summed E-state index contributed by atoms with van der Waals surface area (Å²) in [6, 6.07) is 2.14. The number of ether oxygens (including phenoxy) is 1. The fraction of sp³-hybridized carbons (Fsp3) is 0.500. The zero-order valence-corrected chi connectivity index (χ0v) is 9.90. The van der Waals surface area contributed by atoms with Crippen molar-refractivity contribution in [2.45, 2.75) is 18.8 Å². The number of hydrogen-bond acceptors (Lipinski definition) is 3. The zero-order valence-electron chi connectivity index (χ0n) is 9.90. The van der Waals surface area contributed by atoms with Crippen LogP contribution in [0.1, 0.15) is 24.3 Å². The van der Waals surface area contributed by atoms with Crippen molar-refractivity contribution in [1.82, 2.24) is 4.98 Å². The average molecular weight is 230 g/mol. The molecule has 1 amide bonds. The second kappa shape index (κ2) is 4.15. The van der Waals surface area contributed by atoms with Gasteiger partial charge >= 0.3 is 0 Å². The van der Waals surface area contributed by atoms with Crippen molar-refractivity contribution in [1.29, 1.82) is 0 Å². The van der Waals surface area contributed by atoms with Crippen LogP contribution in [0.15, 0.2) is 12.3 Å². The molecule has 3 heterocycles. The highest BCUT2D eigenvalue weighted by Crippen LogP contribution is 2.39. The fourth-order valence-corrected chi connectivity index (χ4v) is 2.80. The standard InChI is InChI=1S/C12H15BN2O2/c13-7-5-10-8-1-3-17-4-2-9(8)12(16)15-11(10)14-6-7/h5-6,8-9H,1-4,13H2,(H,14,15,16). The minimum atomic E-state index is 0.0496. The van der Waals surface area contributed by atoms with E-state index in [1.165, 1.54) is 5.56 Å². The Balaban J connectivity index is 2.05. The molecule has 0 radical (unpaired) electrons. The van der Waals surface area contributed by atoms with Gasteiger partial charge in [0.05, 0.1) is 0 Å². The Hall–Kier alpha value is -1.36. The summed E-state index contributed by atoms with van der Waals surface area (Å²) in [6.07, 6.45) is 3.52. The summed E-state index contributed by atoms with van der Waals surface area (Å²) in [5.41, 5.74) is 2.32. The van der Waals surface area contributed by atoms with Gasteiger partial charge in [-0.2, -0.15) is 0 Å². The largest absolute Gasteiger partial charge is 0.381 e. The van der Waals surface area contributed by atoms with Gasteiger partial charge in [-0.1, -0.05) is 11.5 Å². The van der Waals surface area contributed by atoms with Crippen molar-refractivity contribution < 1.29 is 9.53 Å². The van der Waals surface area contributed by atoms with E-state index in [1.54, 1.807) is 6.20 Å². The van der Waals surface area contributed by atoms with Crippen LogP contribution in [0, 0.1) is 5.92 Å². The fourth-order valence-electron chi connectivity index (χ4n) is 2.80. The van der Waals surface area contributed by atoms with Crippen molar-refractivity contribution in [3.8, 4) is 0 Å². The highest BCUT2D eigenvalue weighted by molar-refractivity contribution is 6.32. The number of nitrogens with zero attached hydrogens (tertiary/aromatic N) is 1. The summed E-state index contributed by atoms with van der Waals surface area (Å²) in [6.45, 7) is 1.42. The maximum absolute atomic E-state index is 12.0. The normalized spacial score (nSPS) is 27.6. The van der Waals surface area contributed by atoms with Crippen molar-refractivity contribution in [2.75, 3.05) is 18.5 Å². The molecule has 1 aromatic rings. The van der Waals surface area contributed by atoms with Crippen molar-refractivity contribution >= 4 is 25.0 Å². The topological polar surface area (TPSA) is 51.2 Å². The van der Waals surface area contributed by atoms with Crippen molar-refractivity contribution in [3.05, 3.63) is 17.8 Å². The van der Waals surface area contributed by atoms with Crippen LogP contribution in [0.25, 0.3) is 0 Å². The molecule has 2 aliphatic rings. The molecule has 0 spiro atoms. The quantitative estimate of drug-likeness (QED) is 0.628. The van der Waals surface area contributed by atoms with Gasteiger partial charge in [-0.25, -0.2) is 4.98 Å². The minimum absolute atomic E-state index is 0.0496. The molecule has 1 fully saturated rings. The summed E-state index contributed by atoms with van der Waals surface area (Å²) in [7, 11) is 2.03. The number of amides is 1. The van der Waals surface area contributed by atoms with E-state index >= 15 is 0 Å². The maximum atomic E-state index is 12.0. The number of aromatic nitrogens is 1. The highest BCUT2D eigenvalue weighted by atomic mass is 16.5. The van der Waals surface area contributed by atoms with Crippen LogP contribution in [-0.4, -0.2) is 32.0 Å². The number of rotatable bonds is 0. The third-order valence-electron chi connectivity index (χ3n) is 3.66. The van der Waals surface area contributed by atoms with Crippen molar-refractivity contribution in [3.63, 3.8) is 0 Å². The average Bonchev–Trinajstić information content (AvgIpc) is 2.56. The van der Waals surface area contributed by atoms with E-state index in [0.29, 0.717) is 6.61 Å². The van der Waals surface area contributed by atoms with Crippen LogP contribution in [-0.2, 0) is 9.53 Å². The van der Waals surface area contributed by atoms with Gasteiger partial charge in [0.25, 0.3) is 0 Å². The monoisotopic (exact) mass is 230 g/mol. The molecule has 2 atom stereocenters. The number of carbonyl (C=O) groups is 1. The number of nitrogens with one attached hydrogen (secondary N) is 1. The molecular weight excluding hydrogens is 215 g/mol. The first-order chi connectivity index (χ1) is 8.25. The molecule has 88 valence electrons. The minimum Gasteiger partial charge on any atom is -0.381 e. The summed E-state index contributed by atoms with van der Waals surface area (Å²) in [5.74, 6) is 1.16. The molecule has 5 heteroatoms. The Bertz CT molecular complexity index is 464. The SMILES string of the molecule is Bc1cnc2c(c1)C1CCOCCC1C(=O)N2. The Morgan fingerprint density at radius 1 is 1.35 bits per heavy atom. The van der Waals surface area contributed by atoms with Crippen LogP contribution < -0.4 is 10.8 Å². The van der Waals surface area contributed by atoms with Gasteiger partial charge in [-0.05, 0) is 18.4 Å². The Labute approximate surface area is 101 Å². The molecule has 3 rings (SSSR count). The summed E-state index contributed by atoms with van der Waals surface area (Å²) in [5, 5.41) is 2.91. The van der Waals surface area contributed by atoms with E-state index in [1.807, 2.05) is 7.85 Å². The van der Waals surface area contributed by atoms with Crippen LogP contribution >= 0.6 is 0 Å². The van der Waals surface area contributed by atoms with Gasteiger partial charge in [0, 0.05) is 31.2 Å². The molecule has 0 bridgehead atoms. The molecule has 1 aromatic heterocycles. The van der Waals surface area contributed by atoms with Gasteiger partial charge in [0.1, 0.15) is 13.7 Å². The maximum Gasteiger partial charge on any atom is 0.229 e. The summed E-state index contributed by atoms with van der Waals surface area (Å²) >= 11 is 0. The third-order valence-corrected chi connectivity index (χ3v) is 3.66. The Morgan fingerprint density at radius 3 is 2.94 bits per heavy atom. The predicted octanol–water partition coefficient (Wildman–Crippen LogP) is -0.198. The van der Waals surface area contributed by atoms with Crippen LogP contribution in [0.2, 0.25) is 0 Å². The first-order valence-electron chi connectivity index (χ1n) is 6.11. The van der Waals surface area contributed by atoms with E-state index < -0.39 is 0 Å². The van der Waals surface area contributed by atoms with Gasteiger partial charge in [-0.15, -0.1) is 0 Å². The molecule has 4 nitrogen and oxygen atoms in total. The highest BCUT2D eigenvalue weighted by Gasteiger charge is 2.37. The number of anilines is 1. The molecule has 1 saturated heterocycles. The molecule has 2 aliphatic heterocycles. The molecule has 1 N–H and O–H groups in total. The molecule has 0 saturated carbocycles. The smallest absolute Gasteiger partial charge is 0.229 e. The molecule has 0 aliphatic carbocycles. The first-order valence-corrected chi connectivity index (χ1v) is 6.11. The number of fused-ring (bicyclic) bond motifs is 3. The van der Waals surface area contributed by atoms with Gasteiger partial charge in [0.15, 0.2) is 0 Å². The van der Waals surface area contributed by atoms with Crippen LogP contribution in [0.3, 0.4) is 0 Å². The molecule has 17 heavy (non-hydrogen) atoms. The van der Waals surface area contributed by atoms with Crippen LogP contribution in [0.4, 0.5) is 5.82 Å². The van der Waals surface area contributed by atoms with Gasteiger partial charge < -0.3 is 10.1 Å². The zero-order chi connectivity index (χ0) is 11.8. The number of carbonyl (C=O) groups excluding carboxylic acids is 1. The lowest BCUT2D eigenvalue weighted by atomic mass is 9.78. The second-order valence-electron chi connectivity index (χ2n) is 4.84. The lowest BCUT2D eigenvalue weighted by Crippen LogP contribution is -2.35. The van der Waals surface area contributed by atoms with E-state index in [9.17, 15) is 4.79 Å². The molecular formula is C12H15BN2O2.